The van der Waals surface area contributed by atoms with E-state index in [2.05, 4.69) is 68.8 Å². The van der Waals surface area contributed by atoms with Crippen molar-refractivity contribution in [1.82, 2.24) is 40.0 Å². The van der Waals surface area contributed by atoms with Crippen LogP contribution in [0.5, 0.6) is 0 Å². The summed E-state index contributed by atoms with van der Waals surface area (Å²) in [4.78, 5) is 60.2. The van der Waals surface area contributed by atoms with Crippen molar-refractivity contribution < 1.29 is 19.1 Å². The number of hydrogen-bond donors (Lipinski definition) is 3. The number of amides is 4. The summed E-state index contributed by atoms with van der Waals surface area (Å²) in [6.07, 6.45) is 6.44. The van der Waals surface area contributed by atoms with Crippen LogP contribution in [-0.2, 0) is 9.53 Å². The maximum Gasteiger partial charge on any atom is 0.407 e. The van der Waals surface area contributed by atoms with Gasteiger partial charge in [-0.2, -0.15) is 0 Å². The largest absolute Gasteiger partial charge is 0.453 e. The van der Waals surface area contributed by atoms with Crippen LogP contribution in [0.15, 0.2) is 91.3 Å². The topological polar surface area (TPSA) is 140 Å². The number of likely N-dealkylation sites (tertiary alicyclic amines) is 2. The van der Waals surface area contributed by atoms with Crippen molar-refractivity contribution >= 4 is 18.0 Å². The van der Waals surface area contributed by atoms with Gasteiger partial charge >= 0.3 is 12.1 Å². The van der Waals surface area contributed by atoms with Crippen molar-refractivity contribution in [2.45, 2.75) is 43.8 Å². The molecule has 262 valence electrons. The summed E-state index contributed by atoms with van der Waals surface area (Å²) in [6, 6.07) is 24.7. The zero-order valence-corrected chi connectivity index (χ0v) is 29.0. The second-order valence-corrected chi connectivity index (χ2v) is 13.2. The van der Waals surface area contributed by atoms with E-state index in [0.29, 0.717) is 17.9 Å². The van der Waals surface area contributed by atoms with Gasteiger partial charge in [0.15, 0.2) is 0 Å². The highest BCUT2D eigenvalue weighted by atomic mass is 16.5. The smallest absolute Gasteiger partial charge is 0.407 e. The van der Waals surface area contributed by atoms with E-state index >= 15 is 0 Å². The number of nitrogens with zero attached hydrogens (tertiary/aromatic N) is 5. The molecule has 51 heavy (non-hydrogen) atoms. The Morgan fingerprint density at radius 3 is 1.75 bits per heavy atom. The second-order valence-electron chi connectivity index (χ2n) is 13.2. The molecule has 0 saturated carbocycles. The number of urea groups is 1. The highest BCUT2D eigenvalue weighted by Gasteiger charge is 2.37. The maximum absolute atomic E-state index is 13.8. The normalized spacial score (nSPS) is 17.7. The van der Waals surface area contributed by atoms with E-state index in [0.717, 1.165) is 71.7 Å². The van der Waals surface area contributed by atoms with Gasteiger partial charge in [0.1, 0.15) is 17.7 Å². The number of nitrogens with one attached hydrogen (secondary N) is 3. The van der Waals surface area contributed by atoms with E-state index in [1.165, 1.54) is 7.11 Å². The molecule has 0 bridgehead atoms. The van der Waals surface area contributed by atoms with Crippen LogP contribution in [0.2, 0.25) is 0 Å². The number of aromatic nitrogens is 4. The Hall–Kier alpha value is -5.91. The third-order valence-electron chi connectivity index (χ3n) is 9.79. The molecule has 2 aromatic heterocycles. The molecule has 2 aliphatic rings. The number of ether oxygens (including phenoxy) is 1. The SMILES string of the molecule is COC(=O)N[C@@H](C(=O)N1CCC[C@H]1c1ncc(-c2ccc(-c3ccc(-c4cnc([C@@H]5CCCN5C(=O)N(C)C)[nH]4)cc3)cc2)[nH]1)c1ccccc1. The molecule has 12 heteroatoms. The van der Waals surface area contributed by atoms with Gasteiger partial charge in [-0.25, -0.2) is 19.6 Å². The first-order valence-electron chi connectivity index (χ1n) is 17.3. The number of hydrogen-bond acceptors (Lipinski definition) is 6. The van der Waals surface area contributed by atoms with Crippen LogP contribution in [0.3, 0.4) is 0 Å². The number of rotatable bonds is 8. The average Bonchev–Trinajstić information content (AvgIpc) is 4.00. The van der Waals surface area contributed by atoms with Crippen molar-refractivity contribution in [3.63, 3.8) is 0 Å². The minimum atomic E-state index is -0.866. The van der Waals surface area contributed by atoms with E-state index in [9.17, 15) is 14.4 Å². The monoisotopic (exact) mass is 686 g/mol. The predicted octanol–water partition coefficient (Wildman–Crippen LogP) is 6.71. The lowest BCUT2D eigenvalue weighted by Crippen LogP contribution is -2.42. The molecule has 4 heterocycles. The molecule has 7 rings (SSSR count). The Kier molecular flexibility index (Phi) is 9.56. The number of H-pyrrole nitrogens is 2. The fourth-order valence-electron chi connectivity index (χ4n) is 7.12. The first-order valence-corrected chi connectivity index (χ1v) is 17.3. The Morgan fingerprint density at radius 2 is 1.24 bits per heavy atom. The molecule has 3 aromatic carbocycles. The molecule has 3 N–H and O–H groups in total. The van der Waals surface area contributed by atoms with Gasteiger partial charge < -0.3 is 34.7 Å². The fraction of sp³-hybridized carbons (Fsp3) is 0.308. The minimum Gasteiger partial charge on any atom is -0.453 e. The summed E-state index contributed by atoms with van der Waals surface area (Å²) >= 11 is 0. The van der Waals surface area contributed by atoms with E-state index in [1.54, 1.807) is 30.1 Å². The molecule has 0 aliphatic carbocycles. The van der Waals surface area contributed by atoms with Crippen molar-refractivity contribution in [2.75, 3.05) is 34.3 Å². The number of aromatic amines is 2. The molecule has 0 spiro atoms. The Bertz CT molecular complexity index is 1990. The molecule has 5 aromatic rings. The number of alkyl carbamates (subject to hydrolysis) is 1. The summed E-state index contributed by atoms with van der Waals surface area (Å²) in [5, 5.41) is 2.71. The van der Waals surface area contributed by atoms with E-state index in [-0.39, 0.29) is 24.0 Å². The minimum absolute atomic E-state index is 0.00908. The standard InChI is InChI=1S/C39H42N8O4/c1-45(2)39(50)47-22-8-12-33(47)36-41-24-31(43-36)28-19-15-26(16-20-28)25-13-17-27(18-14-25)30-23-40-35(42-30)32-11-7-21-46(32)37(48)34(44-38(49)51-3)29-9-5-4-6-10-29/h4-6,9-10,13-20,23-24,32-34H,7-8,11-12,21-22H2,1-3H3,(H,40,42)(H,41,43)(H,44,49)/t32-,33-,34+/m0/s1. The van der Waals surface area contributed by atoms with Crippen LogP contribution >= 0.6 is 0 Å². The molecular weight excluding hydrogens is 644 g/mol. The second kappa shape index (κ2) is 14.5. The first-order chi connectivity index (χ1) is 24.8. The van der Waals surface area contributed by atoms with Gasteiger partial charge in [-0.3, -0.25) is 4.79 Å². The molecule has 2 aliphatic heterocycles. The fourth-order valence-corrected chi connectivity index (χ4v) is 7.12. The summed E-state index contributed by atoms with van der Waals surface area (Å²) in [7, 11) is 4.84. The summed E-state index contributed by atoms with van der Waals surface area (Å²) in [5.41, 5.74) is 6.65. The van der Waals surface area contributed by atoms with Crippen molar-refractivity contribution in [3.8, 4) is 33.6 Å². The van der Waals surface area contributed by atoms with Crippen LogP contribution in [0.25, 0.3) is 33.6 Å². The third kappa shape index (κ3) is 6.94. The van der Waals surface area contributed by atoms with Crippen LogP contribution < -0.4 is 5.32 Å². The lowest BCUT2D eigenvalue weighted by molar-refractivity contribution is -0.134. The zero-order valence-electron chi connectivity index (χ0n) is 29.0. The number of imidazole rings is 2. The highest BCUT2D eigenvalue weighted by molar-refractivity contribution is 5.87. The first kappa shape index (κ1) is 33.6. The van der Waals surface area contributed by atoms with Gasteiger partial charge in [0.25, 0.3) is 5.91 Å². The van der Waals surface area contributed by atoms with Gasteiger partial charge in [-0.15, -0.1) is 0 Å². The van der Waals surface area contributed by atoms with Crippen LogP contribution in [0, 0.1) is 0 Å². The van der Waals surface area contributed by atoms with Crippen molar-refractivity contribution in [2.24, 2.45) is 0 Å². The van der Waals surface area contributed by atoms with Crippen LogP contribution in [0.1, 0.15) is 61.0 Å². The zero-order chi connectivity index (χ0) is 35.5. The van der Waals surface area contributed by atoms with Crippen molar-refractivity contribution in [1.29, 1.82) is 0 Å². The summed E-state index contributed by atoms with van der Waals surface area (Å²) in [5.74, 6) is 1.33. The van der Waals surface area contributed by atoms with Gasteiger partial charge in [0.05, 0.1) is 43.0 Å². The molecule has 12 nitrogen and oxygen atoms in total. The van der Waals surface area contributed by atoms with E-state index in [1.807, 2.05) is 41.4 Å². The van der Waals surface area contributed by atoms with E-state index in [4.69, 9.17) is 9.72 Å². The van der Waals surface area contributed by atoms with Gasteiger partial charge in [0, 0.05) is 27.2 Å². The predicted molar refractivity (Wildman–Crippen MR) is 193 cm³/mol. The summed E-state index contributed by atoms with van der Waals surface area (Å²) in [6.45, 7) is 1.30. The number of carbonyl (C=O) groups is 3. The van der Waals surface area contributed by atoms with Crippen LogP contribution in [0.4, 0.5) is 9.59 Å². The lowest BCUT2D eigenvalue weighted by atomic mass is 10.0. The lowest BCUT2D eigenvalue weighted by Gasteiger charge is -2.28. The number of benzene rings is 3. The van der Waals surface area contributed by atoms with Gasteiger partial charge in [0.2, 0.25) is 0 Å². The molecule has 3 atom stereocenters. The molecule has 2 saturated heterocycles. The molecule has 0 unspecified atom stereocenters. The number of methoxy groups -OCH3 is 1. The average molecular weight is 687 g/mol. The Balaban J connectivity index is 1.02. The molecule has 4 amide bonds. The quantitative estimate of drug-likeness (QED) is 0.166. The van der Waals surface area contributed by atoms with E-state index < -0.39 is 12.1 Å². The molecular formula is C39H42N8O4. The molecule has 2 fully saturated rings. The van der Waals surface area contributed by atoms with Crippen molar-refractivity contribution in [3.05, 3.63) is 108 Å². The maximum atomic E-state index is 13.8. The summed E-state index contributed by atoms with van der Waals surface area (Å²) < 4.78 is 4.82. The van der Waals surface area contributed by atoms with Crippen LogP contribution in [-0.4, -0.2) is 87.0 Å². The third-order valence-corrected chi connectivity index (χ3v) is 9.79. The van der Waals surface area contributed by atoms with Gasteiger partial charge in [-0.1, -0.05) is 78.9 Å². The Labute approximate surface area is 296 Å². The molecule has 0 radical (unpaired) electrons. The Morgan fingerprint density at radius 1 is 0.745 bits per heavy atom. The highest BCUT2D eigenvalue weighted by Crippen LogP contribution is 2.35. The van der Waals surface area contributed by atoms with Gasteiger partial charge in [-0.05, 0) is 53.5 Å². The number of carbonyl (C=O) groups excluding carboxylic acids is 3.